The number of rotatable bonds is 1. The fourth-order valence-corrected chi connectivity index (χ4v) is 4.61. The third-order valence-corrected chi connectivity index (χ3v) is 6.01. The summed E-state index contributed by atoms with van der Waals surface area (Å²) in [4.78, 5) is 2.82. The van der Waals surface area contributed by atoms with Gasteiger partial charge in [0.1, 0.15) is 0 Å². The topological polar surface area (TPSA) is 3.24 Å². The van der Waals surface area contributed by atoms with Crippen molar-refractivity contribution in [3.63, 3.8) is 0 Å². The Kier molecular flexibility index (Phi) is 2.53. The van der Waals surface area contributed by atoms with Crippen LogP contribution in [0.25, 0.3) is 0 Å². The highest BCUT2D eigenvalue weighted by Crippen LogP contribution is 2.46. The molecule has 80 valence electrons. The van der Waals surface area contributed by atoms with Crippen LogP contribution in [0.3, 0.4) is 0 Å². The van der Waals surface area contributed by atoms with Gasteiger partial charge in [-0.2, -0.15) is 11.8 Å². The van der Waals surface area contributed by atoms with Crippen molar-refractivity contribution in [2.24, 2.45) is 5.41 Å². The molecule has 3 fully saturated rings. The minimum absolute atomic E-state index is 0.780. The van der Waals surface area contributed by atoms with Crippen LogP contribution in [0.4, 0.5) is 0 Å². The Morgan fingerprint density at radius 2 is 1.86 bits per heavy atom. The summed E-state index contributed by atoms with van der Waals surface area (Å²) in [5, 5.41) is 0. The van der Waals surface area contributed by atoms with E-state index in [2.05, 4.69) is 16.7 Å². The maximum absolute atomic E-state index is 2.82. The summed E-state index contributed by atoms with van der Waals surface area (Å²) in [5.74, 6) is 2.91. The van der Waals surface area contributed by atoms with Crippen LogP contribution < -0.4 is 0 Å². The Balaban J connectivity index is 1.58. The van der Waals surface area contributed by atoms with Gasteiger partial charge in [-0.05, 0) is 25.8 Å². The van der Waals surface area contributed by atoms with Gasteiger partial charge in [0, 0.05) is 29.5 Å². The smallest absolute Gasteiger partial charge is 0.00955 e. The molecule has 2 heterocycles. The van der Waals surface area contributed by atoms with Crippen molar-refractivity contribution >= 4 is 11.8 Å². The number of nitrogens with zero attached hydrogens (tertiary/aromatic N) is 1. The zero-order chi connectivity index (χ0) is 9.43. The van der Waals surface area contributed by atoms with E-state index in [1.807, 2.05) is 0 Å². The predicted molar refractivity (Wildman–Crippen MR) is 62.8 cm³/mol. The second-order valence-electron chi connectivity index (χ2n) is 5.51. The van der Waals surface area contributed by atoms with Gasteiger partial charge in [0.2, 0.25) is 0 Å². The molecule has 3 rings (SSSR count). The first-order chi connectivity index (χ1) is 6.88. The van der Waals surface area contributed by atoms with Crippen molar-refractivity contribution in [2.75, 3.05) is 24.6 Å². The van der Waals surface area contributed by atoms with E-state index in [9.17, 15) is 0 Å². The molecule has 1 saturated carbocycles. The number of hydrogen-bond donors (Lipinski definition) is 0. The van der Waals surface area contributed by atoms with E-state index in [1.165, 1.54) is 63.1 Å². The van der Waals surface area contributed by atoms with Crippen LogP contribution >= 0.6 is 11.8 Å². The van der Waals surface area contributed by atoms with Crippen LogP contribution in [0.1, 0.15) is 38.5 Å². The molecule has 0 amide bonds. The molecule has 0 bridgehead atoms. The molecular weight excluding hydrogens is 190 g/mol. The van der Waals surface area contributed by atoms with Gasteiger partial charge in [-0.25, -0.2) is 0 Å². The van der Waals surface area contributed by atoms with Crippen molar-refractivity contribution in [3.8, 4) is 0 Å². The summed E-state index contributed by atoms with van der Waals surface area (Å²) in [7, 11) is 0. The molecule has 0 unspecified atom stereocenters. The van der Waals surface area contributed by atoms with Crippen LogP contribution in [0, 0.1) is 5.41 Å². The number of hydrogen-bond acceptors (Lipinski definition) is 2. The lowest BCUT2D eigenvalue weighted by Gasteiger charge is -2.39. The minimum atomic E-state index is 0.780. The normalized spacial score (nSPS) is 33.4. The predicted octanol–water partition coefficient (Wildman–Crippen LogP) is 2.76. The Hall–Kier alpha value is 0.310. The summed E-state index contributed by atoms with van der Waals surface area (Å²) in [6.07, 6.45) is 8.94. The quantitative estimate of drug-likeness (QED) is 0.656. The van der Waals surface area contributed by atoms with Gasteiger partial charge in [0.25, 0.3) is 0 Å². The highest BCUT2D eigenvalue weighted by atomic mass is 32.2. The molecule has 0 aromatic carbocycles. The van der Waals surface area contributed by atoms with E-state index in [0.29, 0.717) is 0 Å². The second kappa shape index (κ2) is 3.71. The molecule has 0 atom stereocenters. The summed E-state index contributed by atoms with van der Waals surface area (Å²) in [6, 6.07) is 0.966. The van der Waals surface area contributed by atoms with Gasteiger partial charge in [-0.3, -0.25) is 4.90 Å². The summed E-state index contributed by atoms with van der Waals surface area (Å²) >= 11 is 2.16. The third kappa shape index (κ3) is 1.61. The monoisotopic (exact) mass is 211 g/mol. The zero-order valence-electron chi connectivity index (χ0n) is 9.00. The van der Waals surface area contributed by atoms with Gasteiger partial charge in [0.15, 0.2) is 0 Å². The Bertz CT molecular complexity index is 206. The molecule has 1 aliphatic carbocycles. The fraction of sp³-hybridized carbons (Fsp3) is 1.00. The fourth-order valence-electron chi connectivity index (χ4n) is 3.35. The van der Waals surface area contributed by atoms with Gasteiger partial charge in [-0.1, -0.05) is 19.3 Å². The Morgan fingerprint density at radius 3 is 2.43 bits per heavy atom. The van der Waals surface area contributed by atoms with Crippen LogP contribution in [-0.2, 0) is 0 Å². The maximum Gasteiger partial charge on any atom is 0.00955 e. The molecule has 0 N–H and O–H groups in total. The van der Waals surface area contributed by atoms with E-state index in [1.54, 1.807) is 0 Å². The van der Waals surface area contributed by atoms with E-state index in [-0.39, 0.29) is 0 Å². The highest BCUT2D eigenvalue weighted by Gasteiger charge is 2.44. The van der Waals surface area contributed by atoms with Gasteiger partial charge in [0.05, 0.1) is 0 Å². The molecule has 0 aromatic rings. The molecular formula is C12H21NS. The van der Waals surface area contributed by atoms with E-state index in [0.717, 1.165) is 11.5 Å². The van der Waals surface area contributed by atoms with Crippen molar-refractivity contribution in [1.29, 1.82) is 0 Å². The molecule has 3 aliphatic rings. The molecule has 2 heteroatoms. The SMILES string of the molecule is C1CCC(N2CCC3(CSC3)C2)CC1. The number of likely N-dealkylation sites (tertiary alicyclic amines) is 1. The van der Waals surface area contributed by atoms with Crippen molar-refractivity contribution < 1.29 is 0 Å². The molecule has 0 radical (unpaired) electrons. The average Bonchev–Trinajstić information content (AvgIpc) is 2.63. The Morgan fingerprint density at radius 1 is 1.07 bits per heavy atom. The van der Waals surface area contributed by atoms with Crippen molar-refractivity contribution in [1.82, 2.24) is 4.90 Å². The maximum atomic E-state index is 2.82. The first-order valence-electron chi connectivity index (χ1n) is 6.20. The van der Waals surface area contributed by atoms with Crippen molar-refractivity contribution in [2.45, 2.75) is 44.6 Å². The lowest BCUT2D eigenvalue weighted by Crippen LogP contribution is -2.41. The molecule has 1 spiro atoms. The van der Waals surface area contributed by atoms with Gasteiger partial charge >= 0.3 is 0 Å². The molecule has 2 saturated heterocycles. The Labute approximate surface area is 91.6 Å². The lowest BCUT2D eigenvalue weighted by atomic mass is 9.90. The van der Waals surface area contributed by atoms with Crippen LogP contribution in [-0.4, -0.2) is 35.5 Å². The molecule has 14 heavy (non-hydrogen) atoms. The largest absolute Gasteiger partial charge is 0.300 e. The van der Waals surface area contributed by atoms with E-state index >= 15 is 0 Å². The van der Waals surface area contributed by atoms with Gasteiger partial charge in [-0.15, -0.1) is 0 Å². The number of thioether (sulfide) groups is 1. The van der Waals surface area contributed by atoms with Crippen molar-refractivity contribution in [3.05, 3.63) is 0 Å². The van der Waals surface area contributed by atoms with Crippen LogP contribution in [0.5, 0.6) is 0 Å². The van der Waals surface area contributed by atoms with Gasteiger partial charge < -0.3 is 0 Å². The standard InChI is InChI=1S/C12H21NS/c1-2-4-11(5-3-1)13-7-6-12(8-13)9-14-10-12/h11H,1-10H2. The summed E-state index contributed by atoms with van der Waals surface area (Å²) < 4.78 is 0. The second-order valence-corrected chi connectivity index (χ2v) is 6.49. The molecule has 2 aliphatic heterocycles. The van der Waals surface area contributed by atoms with E-state index in [4.69, 9.17) is 0 Å². The lowest BCUT2D eigenvalue weighted by molar-refractivity contribution is 0.174. The first-order valence-corrected chi connectivity index (χ1v) is 7.35. The van der Waals surface area contributed by atoms with Crippen LogP contribution in [0.2, 0.25) is 0 Å². The van der Waals surface area contributed by atoms with Crippen LogP contribution in [0.15, 0.2) is 0 Å². The summed E-state index contributed by atoms with van der Waals surface area (Å²) in [6.45, 7) is 2.84. The zero-order valence-corrected chi connectivity index (χ0v) is 9.82. The molecule has 1 nitrogen and oxygen atoms in total. The minimum Gasteiger partial charge on any atom is -0.300 e. The first kappa shape index (κ1) is 9.53. The third-order valence-electron chi connectivity index (χ3n) is 4.38. The highest BCUT2D eigenvalue weighted by molar-refractivity contribution is 8.00. The molecule has 0 aromatic heterocycles. The average molecular weight is 211 g/mol. The van der Waals surface area contributed by atoms with E-state index < -0.39 is 0 Å². The summed E-state index contributed by atoms with van der Waals surface area (Å²) in [5.41, 5.74) is 0.780.